The molecule has 6 heteroatoms. The number of aliphatic imine (C=N–C) groups is 2. The molecule has 0 aliphatic carbocycles. The predicted molar refractivity (Wildman–Crippen MR) is 48.7 cm³/mol. The topological polar surface area (TPSA) is 83.4 Å². The van der Waals surface area contributed by atoms with Gasteiger partial charge in [-0.3, -0.25) is 9.80 Å². The Labute approximate surface area is 74.8 Å². The summed E-state index contributed by atoms with van der Waals surface area (Å²) in [4.78, 5) is 19.2. The van der Waals surface area contributed by atoms with Gasteiger partial charge in [-0.1, -0.05) is 0 Å². The number of hydrogen-bond donors (Lipinski definition) is 1. The summed E-state index contributed by atoms with van der Waals surface area (Å²) < 4.78 is 0. The van der Waals surface area contributed by atoms with E-state index < -0.39 is 5.92 Å². The van der Waals surface area contributed by atoms with Crippen molar-refractivity contribution >= 4 is 23.8 Å². The quantitative estimate of drug-likeness (QED) is 0.550. The lowest BCUT2D eigenvalue weighted by Gasteiger charge is -2.15. The Bertz CT molecular complexity index is 343. The van der Waals surface area contributed by atoms with Gasteiger partial charge < -0.3 is 5.73 Å². The Morgan fingerprint density at radius 1 is 1.62 bits per heavy atom. The zero-order valence-corrected chi connectivity index (χ0v) is 7.14. The molecule has 1 amide bonds. The van der Waals surface area contributed by atoms with Crippen molar-refractivity contribution in [2.24, 2.45) is 26.7 Å². The maximum Gasteiger partial charge on any atom is 0.263 e. The maximum absolute atomic E-state index is 11.3. The molecule has 0 aromatic rings. The van der Waals surface area contributed by atoms with Crippen molar-refractivity contribution in [3.05, 3.63) is 0 Å². The minimum atomic E-state index is -0.403. The number of hydrazone groups is 1. The fraction of sp³-hybridized carbons (Fsp3) is 0.429. The minimum Gasteiger partial charge on any atom is -0.324 e. The molecule has 2 rings (SSSR count). The van der Waals surface area contributed by atoms with Gasteiger partial charge in [-0.25, -0.2) is 4.99 Å². The molecule has 0 bridgehead atoms. The van der Waals surface area contributed by atoms with Crippen LogP contribution in [0.4, 0.5) is 0 Å². The lowest BCUT2D eigenvalue weighted by Crippen LogP contribution is -2.34. The van der Waals surface area contributed by atoms with E-state index in [9.17, 15) is 4.79 Å². The second-order valence-electron chi connectivity index (χ2n) is 2.81. The van der Waals surface area contributed by atoms with Crippen LogP contribution >= 0.6 is 0 Å². The zero-order valence-electron chi connectivity index (χ0n) is 7.14. The average molecular weight is 179 g/mol. The van der Waals surface area contributed by atoms with Crippen LogP contribution < -0.4 is 5.73 Å². The van der Waals surface area contributed by atoms with E-state index in [1.54, 1.807) is 12.1 Å². The van der Waals surface area contributed by atoms with Gasteiger partial charge in [-0.15, -0.1) is 0 Å². The van der Waals surface area contributed by atoms with E-state index in [0.29, 0.717) is 11.7 Å². The van der Waals surface area contributed by atoms with Gasteiger partial charge in [-0.2, -0.15) is 10.1 Å². The highest BCUT2D eigenvalue weighted by Gasteiger charge is 2.33. The minimum absolute atomic E-state index is 0.176. The molecule has 0 aromatic heterocycles. The summed E-state index contributed by atoms with van der Waals surface area (Å²) in [5.41, 5.74) is 5.34. The van der Waals surface area contributed by atoms with E-state index in [1.165, 1.54) is 6.21 Å². The van der Waals surface area contributed by atoms with Gasteiger partial charge in [0.25, 0.3) is 5.91 Å². The van der Waals surface area contributed by atoms with E-state index in [0.717, 1.165) is 0 Å². The Morgan fingerprint density at radius 3 is 3.08 bits per heavy atom. The highest BCUT2D eigenvalue weighted by atomic mass is 16.1. The Balaban J connectivity index is 2.37. The third-order valence-corrected chi connectivity index (χ3v) is 1.93. The number of hydrogen-bond acceptors (Lipinski definition) is 5. The number of fused-ring (bicyclic) bond motifs is 1. The van der Waals surface area contributed by atoms with Gasteiger partial charge in [0, 0.05) is 13.3 Å². The van der Waals surface area contributed by atoms with E-state index in [2.05, 4.69) is 15.1 Å². The molecule has 0 saturated carbocycles. The molecule has 68 valence electrons. The first-order valence-corrected chi connectivity index (χ1v) is 3.90. The molecule has 0 spiro atoms. The van der Waals surface area contributed by atoms with Crippen molar-refractivity contribution in [2.45, 2.75) is 0 Å². The molecule has 1 unspecified atom stereocenters. The molecule has 0 fully saturated rings. The normalized spacial score (nSPS) is 25.8. The zero-order chi connectivity index (χ0) is 9.42. The summed E-state index contributed by atoms with van der Waals surface area (Å²) in [7, 11) is 1.74. The summed E-state index contributed by atoms with van der Waals surface area (Å²) >= 11 is 0. The van der Waals surface area contributed by atoms with Crippen LogP contribution in [-0.2, 0) is 4.79 Å². The summed E-state index contributed by atoms with van der Waals surface area (Å²) in [6.45, 7) is 0.176. The standard InChI is InChI=1S/C7H9N5O/c1-12-6-4(3-9-12)7(13)11-5(2-8)10-6/h3-4H,2,8H2,1H3. The molecule has 2 N–H and O–H groups in total. The van der Waals surface area contributed by atoms with Crippen LogP contribution in [0.2, 0.25) is 0 Å². The monoisotopic (exact) mass is 179 g/mol. The van der Waals surface area contributed by atoms with Crippen molar-refractivity contribution in [1.82, 2.24) is 5.01 Å². The highest BCUT2D eigenvalue weighted by Crippen LogP contribution is 2.15. The van der Waals surface area contributed by atoms with Crippen LogP contribution in [0.3, 0.4) is 0 Å². The van der Waals surface area contributed by atoms with Gasteiger partial charge in [0.1, 0.15) is 17.6 Å². The van der Waals surface area contributed by atoms with Crippen molar-refractivity contribution < 1.29 is 4.79 Å². The third-order valence-electron chi connectivity index (χ3n) is 1.93. The smallest absolute Gasteiger partial charge is 0.263 e. The van der Waals surface area contributed by atoms with Crippen LogP contribution in [0.25, 0.3) is 0 Å². The predicted octanol–water partition coefficient (Wildman–Crippen LogP) is -1.17. The molecule has 0 saturated heterocycles. The van der Waals surface area contributed by atoms with Gasteiger partial charge >= 0.3 is 0 Å². The second kappa shape index (κ2) is 2.74. The van der Waals surface area contributed by atoms with Gasteiger partial charge in [0.15, 0.2) is 0 Å². The lowest BCUT2D eigenvalue weighted by atomic mass is 10.1. The average Bonchev–Trinajstić information content (AvgIpc) is 2.48. The van der Waals surface area contributed by atoms with E-state index in [4.69, 9.17) is 5.73 Å². The fourth-order valence-corrected chi connectivity index (χ4v) is 1.26. The Morgan fingerprint density at radius 2 is 2.38 bits per heavy atom. The van der Waals surface area contributed by atoms with Crippen molar-refractivity contribution in [2.75, 3.05) is 13.6 Å². The summed E-state index contributed by atoms with van der Waals surface area (Å²) in [6.07, 6.45) is 1.54. The molecule has 13 heavy (non-hydrogen) atoms. The van der Waals surface area contributed by atoms with Crippen LogP contribution in [0, 0.1) is 5.92 Å². The molecule has 2 heterocycles. The van der Waals surface area contributed by atoms with Gasteiger partial charge in [-0.05, 0) is 0 Å². The molecular weight excluding hydrogens is 170 g/mol. The maximum atomic E-state index is 11.3. The van der Waals surface area contributed by atoms with Crippen LogP contribution in [0.5, 0.6) is 0 Å². The number of amidine groups is 2. The number of rotatable bonds is 1. The van der Waals surface area contributed by atoms with Crippen molar-refractivity contribution in [1.29, 1.82) is 0 Å². The van der Waals surface area contributed by atoms with Gasteiger partial charge in [0.05, 0.1) is 6.54 Å². The number of carbonyl (C=O) groups excluding carboxylic acids is 1. The van der Waals surface area contributed by atoms with Crippen LogP contribution in [0.1, 0.15) is 0 Å². The summed E-state index contributed by atoms with van der Waals surface area (Å²) in [5, 5.41) is 5.50. The first-order valence-electron chi connectivity index (χ1n) is 3.90. The van der Waals surface area contributed by atoms with E-state index >= 15 is 0 Å². The van der Waals surface area contributed by atoms with Crippen LogP contribution in [0.15, 0.2) is 15.1 Å². The first kappa shape index (κ1) is 8.06. The summed E-state index contributed by atoms with van der Waals surface area (Å²) in [6, 6.07) is 0. The summed E-state index contributed by atoms with van der Waals surface area (Å²) in [5.74, 6) is 0.341. The molecule has 6 nitrogen and oxygen atoms in total. The fourth-order valence-electron chi connectivity index (χ4n) is 1.26. The SMILES string of the molecule is CN1N=CC2C(=O)N=C(CN)N=C21. The Kier molecular flexibility index (Phi) is 1.70. The number of nitrogens with zero attached hydrogens (tertiary/aromatic N) is 4. The molecular formula is C7H9N5O. The molecule has 2 aliphatic heterocycles. The van der Waals surface area contributed by atoms with Gasteiger partial charge in [0.2, 0.25) is 0 Å². The number of carbonyl (C=O) groups is 1. The largest absolute Gasteiger partial charge is 0.324 e. The Hall–Kier alpha value is -1.56. The van der Waals surface area contributed by atoms with E-state index in [-0.39, 0.29) is 12.5 Å². The van der Waals surface area contributed by atoms with Crippen molar-refractivity contribution in [3.8, 4) is 0 Å². The third kappa shape index (κ3) is 1.15. The lowest BCUT2D eigenvalue weighted by molar-refractivity contribution is -0.118. The molecule has 0 aromatic carbocycles. The van der Waals surface area contributed by atoms with E-state index in [1.807, 2.05) is 0 Å². The van der Waals surface area contributed by atoms with Crippen molar-refractivity contribution in [3.63, 3.8) is 0 Å². The second-order valence-corrected chi connectivity index (χ2v) is 2.81. The first-order chi connectivity index (χ1) is 6.22. The highest BCUT2D eigenvalue weighted by molar-refractivity contribution is 6.24. The number of amides is 1. The number of nitrogens with two attached hydrogens (primary N) is 1. The molecule has 2 aliphatic rings. The molecule has 1 atom stereocenters. The molecule has 0 radical (unpaired) electrons. The van der Waals surface area contributed by atoms with Crippen LogP contribution in [-0.4, -0.2) is 42.4 Å².